The fourth-order valence-corrected chi connectivity index (χ4v) is 1.49. The van der Waals surface area contributed by atoms with Crippen LogP contribution in [-0.2, 0) is 0 Å². The minimum absolute atomic E-state index is 0.207. The third kappa shape index (κ3) is 2.76. The van der Waals surface area contributed by atoms with Gasteiger partial charge in [0.15, 0.2) is 0 Å². The summed E-state index contributed by atoms with van der Waals surface area (Å²) in [7, 11) is 0. The minimum atomic E-state index is 0.207. The lowest BCUT2D eigenvalue weighted by Crippen LogP contribution is -1.99. The van der Waals surface area contributed by atoms with Crippen LogP contribution in [0.3, 0.4) is 0 Å². The third-order valence-corrected chi connectivity index (χ3v) is 2.20. The van der Waals surface area contributed by atoms with E-state index < -0.39 is 0 Å². The van der Waals surface area contributed by atoms with E-state index >= 15 is 0 Å². The van der Waals surface area contributed by atoms with Crippen molar-refractivity contribution in [2.24, 2.45) is 5.41 Å². The standard InChI is InChI=1S/C13H20O/c1-9-7-12(14-11(9)3)10(2)8-13(4,5)6/h7-8H,1-6H3/b10-8+. The molecule has 1 heterocycles. The van der Waals surface area contributed by atoms with Crippen molar-refractivity contribution in [3.63, 3.8) is 0 Å². The van der Waals surface area contributed by atoms with Crippen LogP contribution >= 0.6 is 0 Å². The molecule has 0 unspecified atom stereocenters. The largest absolute Gasteiger partial charge is 0.461 e. The van der Waals surface area contributed by atoms with E-state index in [1.54, 1.807) is 0 Å². The Labute approximate surface area is 86.8 Å². The Bertz CT molecular complexity index is 328. The van der Waals surface area contributed by atoms with E-state index in [2.05, 4.69) is 46.8 Å². The van der Waals surface area contributed by atoms with Gasteiger partial charge in [-0.3, -0.25) is 0 Å². The van der Waals surface area contributed by atoms with Crippen LogP contribution in [0.1, 0.15) is 44.8 Å². The van der Waals surface area contributed by atoms with Gasteiger partial charge in [0.1, 0.15) is 11.5 Å². The molecule has 1 aromatic heterocycles. The summed E-state index contributed by atoms with van der Waals surface area (Å²) in [5.74, 6) is 2.01. The zero-order valence-corrected chi connectivity index (χ0v) is 10.1. The summed E-state index contributed by atoms with van der Waals surface area (Å²) in [5, 5.41) is 0. The summed E-state index contributed by atoms with van der Waals surface area (Å²) in [4.78, 5) is 0. The van der Waals surface area contributed by atoms with Gasteiger partial charge in [-0.25, -0.2) is 0 Å². The van der Waals surface area contributed by atoms with Gasteiger partial charge in [0.25, 0.3) is 0 Å². The second-order valence-corrected chi connectivity index (χ2v) is 5.04. The summed E-state index contributed by atoms with van der Waals surface area (Å²) in [6.45, 7) is 12.8. The minimum Gasteiger partial charge on any atom is -0.461 e. The van der Waals surface area contributed by atoms with Gasteiger partial charge < -0.3 is 4.42 Å². The van der Waals surface area contributed by atoms with E-state index in [4.69, 9.17) is 4.42 Å². The Morgan fingerprint density at radius 1 is 1.29 bits per heavy atom. The van der Waals surface area contributed by atoms with Crippen molar-refractivity contribution in [1.29, 1.82) is 0 Å². The van der Waals surface area contributed by atoms with Crippen LogP contribution in [0.25, 0.3) is 5.57 Å². The topological polar surface area (TPSA) is 13.1 Å². The highest BCUT2D eigenvalue weighted by atomic mass is 16.3. The van der Waals surface area contributed by atoms with Gasteiger partial charge >= 0.3 is 0 Å². The molecule has 0 N–H and O–H groups in total. The van der Waals surface area contributed by atoms with Crippen LogP contribution < -0.4 is 0 Å². The van der Waals surface area contributed by atoms with Crippen molar-refractivity contribution in [3.8, 4) is 0 Å². The van der Waals surface area contributed by atoms with Crippen LogP contribution in [0, 0.1) is 19.3 Å². The average molecular weight is 192 g/mol. The Morgan fingerprint density at radius 3 is 2.21 bits per heavy atom. The summed E-state index contributed by atoms with van der Waals surface area (Å²) < 4.78 is 5.65. The molecule has 0 aromatic carbocycles. The predicted molar refractivity (Wildman–Crippen MR) is 61.3 cm³/mol. The van der Waals surface area contributed by atoms with Crippen LogP contribution in [0.2, 0.25) is 0 Å². The maximum absolute atomic E-state index is 5.65. The van der Waals surface area contributed by atoms with Gasteiger partial charge in [-0.1, -0.05) is 26.8 Å². The number of hydrogen-bond acceptors (Lipinski definition) is 1. The molecule has 0 saturated heterocycles. The molecule has 1 heteroatoms. The maximum Gasteiger partial charge on any atom is 0.129 e. The molecule has 0 radical (unpaired) electrons. The molecule has 0 bridgehead atoms. The van der Waals surface area contributed by atoms with Gasteiger partial charge in [0.2, 0.25) is 0 Å². The number of furan rings is 1. The molecule has 78 valence electrons. The highest BCUT2D eigenvalue weighted by Gasteiger charge is 2.10. The normalized spacial score (nSPS) is 13.4. The Balaban J connectivity index is 3.01. The van der Waals surface area contributed by atoms with Gasteiger partial charge in [-0.2, -0.15) is 0 Å². The first kappa shape index (κ1) is 11.1. The van der Waals surface area contributed by atoms with E-state index in [0.29, 0.717) is 0 Å². The highest BCUT2D eigenvalue weighted by molar-refractivity contribution is 5.60. The number of hydrogen-bond donors (Lipinski definition) is 0. The van der Waals surface area contributed by atoms with Crippen molar-refractivity contribution >= 4 is 5.57 Å². The lowest BCUT2D eigenvalue weighted by molar-refractivity contribution is 0.512. The Hall–Kier alpha value is -0.980. The molecule has 14 heavy (non-hydrogen) atoms. The quantitative estimate of drug-likeness (QED) is 0.645. The number of rotatable bonds is 1. The molecule has 0 aliphatic carbocycles. The third-order valence-electron chi connectivity index (χ3n) is 2.20. The van der Waals surface area contributed by atoms with E-state index in [1.165, 1.54) is 11.1 Å². The molecule has 0 amide bonds. The van der Waals surface area contributed by atoms with Gasteiger partial charge in [0.05, 0.1) is 0 Å². The second kappa shape index (κ2) is 3.64. The van der Waals surface area contributed by atoms with Gasteiger partial charge in [-0.15, -0.1) is 0 Å². The summed E-state index contributed by atoms with van der Waals surface area (Å²) >= 11 is 0. The predicted octanol–water partition coefficient (Wildman–Crippen LogP) is 4.35. The van der Waals surface area contributed by atoms with Crippen molar-refractivity contribution in [2.45, 2.75) is 41.5 Å². The lowest BCUT2D eigenvalue weighted by atomic mass is 9.93. The van der Waals surface area contributed by atoms with Crippen LogP contribution in [0.5, 0.6) is 0 Å². The van der Waals surface area contributed by atoms with Crippen molar-refractivity contribution < 1.29 is 4.42 Å². The monoisotopic (exact) mass is 192 g/mol. The summed E-state index contributed by atoms with van der Waals surface area (Å²) in [5.41, 5.74) is 2.65. The summed E-state index contributed by atoms with van der Waals surface area (Å²) in [6.07, 6.45) is 2.24. The molecule has 1 rings (SSSR count). The maximum atomic E-state index is 5.65. The lowest BCUT2D eigenvalue weighted by Gasteiger charge is -2.13. The molecule has 1 aromatic rings. The molecule has 0 aliphatic heterocycles. The molecule has 0 atom stereocenters. The fourth-order valence-electron chi connectivity index (χ4n) is 1.49. The summed E-state index contributed by atoms with van der Waals surface area (Å²) in [6, 6.07) is 2.10. The first-order valence-electron chi connectivity index (χ1n) is 5.06. The molecule has 0 saturated carbocycles. The smallest absolute Gasteiger partial charge is 0.129 e. The van der Waals surface area contributed by atoms with Crippen LogP contribution in [-0.4, -0.2) is 0 Å². The molecular weight excluding hydrogens is 172 g/mol. The van der Waals surface area contributed by atoms with Crippen molar-refractivity contribution in [2.75, 3.05) is 0 Å². The number of aryl methyl sites for hydroxylation is 2. The van der Waals surface area contributed by atoms with E-state index in [1.807, 2.05) is 6.92 Å². The van der Waals surface area contributed by atoms with E-state index in [-0.39, 0.29) is 5.41 Å². The van der Waals surface area contributed by atoms with Crippen molar-refractivity contribution in [1.82, 2.24) is 0 Å². The first-order valence-corrected chi connectivity index (χ1v) is 5.06. The average Bonchev–Trinajstić information content (AvgIpc) is 2.28. The SMILES string of the molecule is C/C(=C\C(C)(C)C)c1cc(C)c(C)o1. The molecule has 0 aliphatic rings. The van der Waals surface area contributed by atoms with Gasteiger partial charge in [0, 0.05) is 0 Å². The van der Waals surface area contributed by atoms with E-state index in [9.17, 15) is 0 Å². The molecule has 0 fully saturated rings. The molecular formula is C13H20O. The highest BCUT2D eigenvalue weighted by Crippen LogP contribution is 2.25. The zero-order chi connectivity index (χ0) is 10.9. The van der Waals surface area contributed by atoms with Crippen LogP contribution in [0.15, 0.2) is 16.6 Å². The Morgan fingerprint density at radius 2 is 1.86 bits per heavy atom. The first-order chi connectivity index (χ1) is 6.29. The Kier molecular flexibility index (Phi) is 2.89. The van der Waals surface area contributed by atoms with E-state index in [0.717, 1.165) is 11.5 Å². The zero-order valence-electron chi connectivity index (χ0n) is 10.1. The van der Waals surface area contributed by atoms with Crippen LogP contribution in [0.4, 0.5) is 0 Å². The molecule has 0 spiro atoms. The van der Waals surface area contributed by atoms with Gasteiger partial charge in [-0.05, 0) is 43.4 Å². The number of allylic oxidation sites excluding steroid dienone is 2. The fraction of sp³-hybridized carbons (Fsp3) is 0.538. The van der Waals surface area contributed by atoms with Crippen molar-refractivity contribution in [3.05, 3.63) is 29.2 Å². The second-order valence-electron chi connectivity index (χ2n) is 5.04. The molecule has 1 nitrogen and oxygen atoms in total.